The molecular formula is C14H13Cl2FN2. The van der Waals surface area contributed by atoms with Crippen LogP contribution >= 0.6 is 23.2 Å². The monoisotopic (exact) mass is 298 g/mol. The number of rotatable bonds is 2. The van der Waals surface area contributed by atoms with Gasteiger partial charge in [-0.3, -0.25) is 0 Å². The van der Waals surface area contributed by atoms with Crippen LogP contribution in [0.3, 0.4) is 0 Å². The van der Waals surface area contributed by atoms with E-state index in [1.54, 1.807) is 6.92 Å². The van der Waals surface area contributed by atoms with Crippen LogP contribution in [0, 0.1) is 12.7 Å². The lowest BCUT2D eigenvalue weighted by Gasteiger charge is -2.12. The second-order valence-electron chi connectivity index (χ2n) is 4.63. The molecule has 0 aliphatic heterocycles. The molecule has 0 spiro atoms. The summed E-state index contributed by atoms with van der Waals surface area (Å²) in [5.41, 5.74) is 1.80. The molecule has 0 atom stereocenters. The summed E-state index contributed by atoms with van der Waals surface area (Å²) in [7, 11) is 0. The van der Waals surface area contributed by atoms with E-state index in [1.807, 2.05) is 13.8 Å². The molecule has 0 bridgehead atoms. The predicted molar refractivity (Wildman–Crippen MR) is 76.3 cm³/mol. The van der Waals surface area contributed by atoms with Gasteiger partial charge in [0, 0.05) is 17.0 Å². The molecule has 0 saturated carbocycles. The zero-order chi connectivity index (χ0) is 14.2. The maximum Gasteiger partial charge on any atom is 0.136 e. The van der Waals surface area contributed by atoms with E-state index >= 15 is 0 Å². The van der Waals surface area contributed by atoms with Gasteiger partial charge in [0.05, 0.1) is 10.7 Å². The first-order valence-electron chi connectivity index (χ1n) is 5.89. The van der Waals surface area contributed by atoms with E-state index in [0.717, 1.165) is 0 Å². The van der Waals surface area contributed by atoms with E-state index in [0.29, 0.717) is 32.8 Å². The van der Waals surface area contributed by atoms with E-state index in [4.69, 9.17) is 23.2 Å². The molecule has 0 amide bonds. The molecule has 1 heterocycles. The van der Waals surface area contributed by atoms with Gasteiger partial charge in [0.15, 0.2) is 0 Å². The third-order valence-corrected chi connectivity index (χ3v) is 3.50. The summed E-state index contributed by atoms with van der Waals surface area (Å²) >= 11 is 12.2. The summed E-state index contributed by atoms with van der Waals surface area (Å²) in [5.74, 6) is 0.384. The summed E-state index contributed by atoms with van der Waals surface area (Å²) in [6.07, 6.45) is 0. The summed E-state index contributed by atoms with van der Waals surface area (Å²) in [6, 6.07) is 4.18. The first-order valence-corrected chi connectivity index (χ1v) is 6.65. The fraction of sp³-hybridized carbons (Fsp3) is 0.286. The van der Waals surface area contributed by atoms with Gasteiger partial charge in [0.2, 0.25) is 0 Å². The molecule has 100 valence electrons. The average molecular weight is 299 g/mol. The zero-order valence-corrected chi connectivity index (χ0v) is 12.3. The molecule has 0 aliphatic carbocycles. The molecule has 2 nitrogen and oxygen atoms in total. The highest BCUT2D eigenvalue weighted by molar-refractivity contribution is 6.33. The predicted octanol–water partition coefficient (Wildman–Crippen LogP) is 5.02. The van der Waals surface area contributed by atoms with Crippen LogP contribution in [0.5, 0.6) is 0 Å². The van der Waals surface area contributed by atoms with Crippen molar-refractivity contribution >= 4 is 23.2 Å². The maximum atomic E-state index is 13.4. The lowest BCUT2D eigenvalue weighted by molar-refractivity contribution is 0.628. The van der Waals surface area contributed by atoms with Gasteiger partial charge in [-0.05, 0) is 25.1 Å². The van der Waals surface area contributed by atoms with Crippen molar-refractivity contribution in [2.24, 2.45) is 0 Å². The van der Waals surface area contributed by atoms with Gasteiger partial charge < -0.3 is 0 Å². The number of benzene rings is 1. The van der Waals surface area contributed by atoms with E-state index in [2.05, 4.69) is 9.97 Å². The van der Waals surface area contributed by atoms with Crippen LogP contribution in [0.1, 0.15) is 31.2 Å². The molecule has 0 unspecified atom stereocenters. The zero-order valence-electron chi connectivity index (χ0n) is 10.8. The van der Waals surface area contributed by atoms with Crippen LogP contribution in [0.15, 0.2) is 18.2 Å². The van der Waals surface area contributed by atoms with Crippen molar-refractivity contribution in [2.75, 3.05) is 0 Å². The molecule has 0 fully saturated rings. The Morgan fingerprint density at radius 2 is 1.84 bits per heavy atom. The van der Waals surface area contributed by atoms with Crippen molar-refractivity contribution in [1.82, 2.24) is 9.97 Å². The van der Waals surface area contributed by atoms with Crippen LogP contribution < -0.4 is 0 Å². The van der Waals surface area contributed by atoms with Crippen molar-refractivity contribution in [3.8, 4) is 11.3 Å². The Bertz CT molecular complexity index is 627. The maximum absolute atomic E-state index is 13.4. The Labute approximate surface area is 121 Å². The quantitative estimate of drug-likeness (QED) is 0.727. The Morgan fingerprint density at radius 1 is 1.16 bits per heavy atom. The largest absolute Gasteiger partial charge is 0.232 e. The summed E-state index contributed by atoms with van der Waals surface area (Å²) in [6.45, 7) is 5.74. The number of hydrogen-bond donors (Lipinski definition) is 0. The lowest BCUT2D eigenvalue weighted by atomic mass is 10.1. The Balaban J connectivity index is 2.70. The minimum Gasteiger partial charge on any atom is -0.232 e. The van der Waals surface area contributed by atoms with E-state index < -0.39 is 0 Å². The Morgan fingerprint density at radius 3 is 2.47 bits per heavy atom. The van der Waals surface area contributed by atoms with Gasteiger partial charge in [0.25, 0.3) is 0 Å². The average Bonchev–Trinajstić information content (AvgIpc) is 2.35. The third-order valence-electron chi connectivity index (χ3n) is 2.80. The highest BCUT2D eigenvalue weighted by Gasteiger charge is 2.16. The normalized spacial score (nSPS) is 11.1. The number of halogens is 3. The molecule has 1 aromatic carbocycles. The Hall–Kier alpha value is -1.19. The van der Waals surface area contributed by atoms with Crippen molar-refractivity contribution in [2.45, 2.75) is 26.7 Å². The number of hydrogen-bond acceptors (Lipinski definition) is 2. The minimum absolute atomic E-state index is 0.129. The smallest absolute Gasteiger partial charge is 0.136 e. The standard InChI is InChI=1S/C14H13Cl2FN2/c1-7(2)14-18-12(8(3)13(16)19-14)10-6-9(17)4-5-11(10)15/h4-7H,1-3H3. The van der Waals surface area contributed by atoms with Crippen molar-refractivity contribution in [3.63, 3.8) is 0 Å². The molecule has 2 rings (SSSR count). The molecule has 19 heavy (non-hydrogen) atoms. The summed E-state index contributed by atoms with van der Waals surface area (Å²) in [5, 5.41) is 0.808. The molecule has 2 aromatic rings. The first kappa shape index (κ1) is 14.2. The number of aromatic nitrogens is 2. The van der Waals surface area contributed by atoms with E-state index in [9.17, 15) is 4.39 Å². The second kappa shape index (κ2) is 5.43. The molecule has 1 aromatic heterocycles. The van der Waals surface area contributed by atoms with Crippen LogP contribution in [-0.2, 0) is 0 Å². The van der Waals surface area contributed by atoms with E-state index in [-0.39, 0.29) is 11.7 Å². The SMILES string of the molecule is Cc1c(Cl)nc(C(C)C)nc1-c1cc(F)ccc1Cl. The lowest BCUT2D eigenvalue weighted by Crippen LogP contribution is -2.02. The van der Waals surface area contributed by atoms with Crippen molar-refractivity contribution in [1.29, 1.82) is 0 Å². The molecule has 0 N–H and O–H groups in total. The van der Waals surface area contributed by atoms with Gasteiger partial charge in [0.1, 0.15) is 16.8 Å². The molecular weight excluding hydrogens is 286 g/mol. The van der Waals surface area contributed by atoms with Gasteiger partial charge in [-0.15, -0.1) is 0 Å². The van der Waals surface area contributed by atoms with Crippen molar-refractivity contribution in [3.05, 3.63) is 45.6 Å². The van der Waals surface area contributed by atoms with Crippen LogP contribution in [0.25, 0.3) is 11.3 Å². The molecule has 0 radical (unpaired) electrons. The Kier molecular flexibility index (Phi) is 4.07. The van der Waals surface area contributed by atoms with Gasteiger partial charge in [-0.25, -0.2) is 14.4 Å². The third kappa shape index (κ3) is 2.88. The minimum atomic E-state index is -0.361. The van der Waals surface area contributed by atoms with Crippen LogP contribution in [0.4, 0.5) is 4.39 Å². The second-order valence-corrected chi connectivity index (χ2v) is 5.39. The van der Waals surface area contributed by atoms with Crippen LogP contribution in [-0.4, -0.2) is 9.97 Å². The molecule has 0 aliphatic rings. The summed E-state index contributed by atoms with van der Waals surface area (Å²) in [4.78, 5) is 8.69. The first-order chi connectivity index (χ1) is 8.90. The molecule has 5 heteroatoms. The molecule has 0 saturated heterocycles. The topological polar surface area (TPSA) is 25.8 Å². The fourth-order valence-electron chi connectivity index (χ4n) is 1.70. The fourth-order valence-corrected chi connectivity index (χ4v) is 2.09. The highest BCUT2D eigenvalue weighted by atomic mass is 35.5. The van der Waals surface area contributed by atoms with Gasteiger partial charge in [-0.2, -0.15) is 0 Å². The van der Waals surface area contributed by atoms with E-state index in [1.165, 1.54) is 18.2 Å². The van der Waals surface area contributed by atoms with Gasteiger partial charge in [-0.1, -0.05) is 37.0 Å². The van der Waals surface area contributed by atoms with Crippen LogP contribution in [0.2, 0.25) is 10.2 Å². The van der Waals surface area contributed by atoms with Gasteiger partial charge >= 0.3 is 0 Å². The highest BCUT2D eigenvalue weighted by Crippen LogP contribution is 2.32. The number of nitrogens with zero attached hydrogens (tertiary/aromatic N) is 2. The summed E-state index contributed by atoms with van der Waals surface area (Å²) < 4.78 is 13.4. The van der Waals surface area contributed by atoms with Crippen molar-refractivity contribution < 1.29 is 4.39 Å².